The van der Waals surface area contributed by atoms with Crippen LogP contribution in [0.1, 0.15) is 34.3 Å². The van der Waals surface area contributed by atoms with E-state index in [1.54, 1.807) is 30.3 Å². The number of furan rings is 1. The van der Waals surface area contributed by atoms with Crippen molar-refractivity contribution < 1.29 is 51.4 Å². The maximum absolute atomic E-state index is 13.6. The average molecular weight is 589 g/mol. The Balaban J connectivity index is 0.000000517. The van der Waals surface area contributed by atoms with Gasteiger partial charge in [0, 0.05) is 18.8 Å². The Bertz CT molecular complexity index is 1300. The standard InChI is InChI=1S/C28H30N2O5.C2HF3O2/c31-26(22-13-18-34-20-22)29-14-17-30-15-11-21(12-16-30)25(19-30)35-27(32)28(33,23-7-3-1-4-8-23)24-9-5-2-6-10-24;3-2(4,5)1(6)7/h1-10,13,18,20-21,25,33H,11-12,14-17,19H2;(H,6,7)/t21?,25-,30?;/m0./s1. The third-order valence-corrected chi connectivity index (χ3v) is 7.86. The minimum absolute atomic E-state index is 0.150. The van der Waals surface area contributed by atoms with Crippen LogP contribution in [0.5, 0.6) is 0 Å². The minimum atomic E-state index is -5.19. The maximum Gasteiger partial charge on any atom is 0.430 e. The molecule has 2 N–H and O–H groups in total. The fraction of sp³-hybridized carbons (Fsp3) is 0.367. The maximum atomic E-state index is 13.6. The van der Waals surface area contributed by atoms with Crippen LogP contribution in [0.4, 0.5) is 13.2 Å². The van der Waals surface area contributed by atoms with Crippen LogP contribution < -0.4 is 10.4 Å². The number of ether oxygens (including phenoxy) is 1. The van der Waals surface area contributed by atoms with Crippen molar-refractivity contribution in [1.82, 2.24) is 5.32 Å². The summed E-state index contributed by atoms with van der Waals surface area (Å²) in [6.07, 6.45) is -0.624. The highest BCUT2D eigenvalue weighted by Crippen LogP contribution is 2.38. The number of piperidine rings is 3. The molecule has 6 rings (SSSR count). The molecule has 0 radical (unpaired) electrons. The van der Waals surface area contributed by atoms with E-state index in [0.717, 1.165) is 37.0 Å². The zero-order valence-electron chi connectivity index (χ0n) is 22.6. The van der Waals surface area contributed by atoms with Gasteiger partial charge in [-0.1, -0.05) is 60.7 Å². The minimum Gasteiger partial charge on any atom is -0.542 e. The highest BCUT2D eigenvalue weighted by molar-refractivity contribution is 5.93. The van der Waals surface area contributed by atoms with Crippen molar-refractivity contribution in [3.8, 4) is 0 Å². The first kappa shape index (κ1) is 30.8. The lowest BCUT2D eigenvalue weighted by atomic mass is 9.82. The number of hydrogen-bond acceptors (Lipinski definition) is 7. The Labute approximate surface area is 240 Å². The largest absolute Gasteiger partial charge is 0.542 e. The number of nitrogens with zero attached hydrogens (tertiary/aromatic N) is 1. The second kappa shape index (κ2) is 12.8. The van der Waals surface area contributed by atoms with Gasteiger partial charge < -0.3 is 34.0 Å². The van der Waals surface area contributed by atoms with Crippen molar-refractivity contribution in [1.29, 1.82) is 0 Å². The topological polar surface area (TPSA) is 129 Å². The van der Waals surface area contributed by atoms with E-state index in [1.165, 1.54) is 12.5 Å². The highest BCUT2D eigenvalue weighted by atomic mass is 19.4. The molecular formula is C30H31F3N2O7. The summed E-state index contributed by atoms with van der Waals surface area (Å²) < 4.78 is 43.4. The van der Waals surface area contributed by atoms with Crippen LogP contribution in [0.2, 0.25) is 0 Å². The molecule has 0 saturated carbocycles. The number of quaternary nitrogens is 1. The third-order valence-electron chi connectivity index (χ3n) is 7.86. The number of fused-ring (bicyclic) bond motifs is 3. The first-order valence-electron chi connectivity index (χ1n) is 13.4. The van der Waals surface area contributed by atoms with E-state index in [4.69, 9.17) is 19.1 Å². The van der Waals surface area contributed by atoms with Crippen LogP contribution in [0.15, 0.2) is 83.7 Å². The van der Waals surface area contributed by atoms with Crippen molar-refractivity contribution in [3.63, 3.8) is 0 Å². The average Bonchev–Trinajstić information content (AvgIpc) is 3.53. The molecule has 3 fully saturated rings. The number of amides is 1. The Morgan fingerprint density at radius 1 is 0.976 bits per heavy atom. The lowest BCUT2D eigenvalue weighted by molar-refractivity contribution is -0.945. The van der Waals surface area contributed by atoms with E-state index in [1.807, 2.05) is 36.4 Å². The molecule has 42 heavy (non-hydrogen) atoms. The fourth-order valence-corrected chi connectivity index (χ4v) is 5.56. The number of alkyl halides is 3. The zero-order valence-corrected chi connectivity index (χ0v) is 22.6. The number of nitrogens with one attached hydrogen (secondary N) is 1. The Kier molecular flexibility index (Phi) is 9.37. The molecule has 0 spiro atoms. The summed E-state index contributed by atoms with van der Waals surface area (Å²) in [7, 11) is 0. The summed E-state index contributed by atoms with van der Waals surface area (Å²) in [5.74, 6) is -3.51. The van der Waals surface area contributed by atoms with Crippen molar-refractivity contribution in [2.24, 2.45) is 5.92 Å². The number of benzene rings is 2. The first-order chi connectivity index (χ1) is 19.9. The summed E-state index contributed by atoms with van der Waals surface area (Å²) in [5, 5.41) is 23.5. The molecular weight excluding hydrogens is 557 g/mol. The zero-order chi connectivity index (χ0) is 30.4. The van der Waals surface area contributed by atoms with Crippen molar-refractivity contribution >= 4 is 17.8 Å². The quantitative estimate of drug-likeness (QED) is 0.306. The number of aliphatic carboxylic acids is 1. The summed E-state index contributed by atoms with van der Waals surface area (Å²) in [6.45, 7) is 4.00. The normalized spacial score (nSPS) is 21.5. The Morgan fingerprint density at radius 2 is 1.52 bits per heavy atom. The van der Waals surface area contributed by atoms with Gasteiger partial charge >= 0.3 is 12.1 Å². The summed E-state index contributed by atoms with van der Waals surface area (Å²) >= 11 is 0. The van der Waals surface area contributed by atoms with Crippen molar-refractivity contribution in [2.45, 2.75) is 30.7 Å². The lowest BCUT2D eigenvalue weighted by Crippen LogP contribution is -2.66. The number of carbonyl (C=O) groups is 3. The number of halogens is 3. The second-order valence-corrected chi connectivity index (χ2v) is 10.5. The Morgan fingerprint density at radius 3 is 2.00 bits per heavy atom. The predicted octanol–water partition coefficient (Wildman–Crippen LogP) is 2.40. The second-order valence-electron chi connectivity index (χ2n) is 10.5. The van der Waals surface area contributed by atoms with E-state index < -0.39 is 23.7 Å². The lowest BCUT2D eigenvalue weighted by Gasteiger charge is -2.52. The van der Waals surface area contributed by atoms with Gasteiger partial charge in [-0.3, -0.25) is 4.79 Å². The summed E-state index contributed by atoms with van der Waals surface area (Å²) in [5.41, 5.74) is -0.389. The molecule has 3 aliphatic rings. The molecule has 1 aromatic heterocycles. The van der Waals surface area contributed by atoms with E-state index in [-0.39, 0.29) is 17.9 Å². The van der Waals surface area contributed by atoms with Crippen LogP contribution in [-0.2, 0) is 19.9 Å². The molecule has 224 valence electrons. The van der Waals surface area contributed by atoms with Crippen molar-refractivity contribution in [2.75, 3.05) is 32.7 Å². The van der Waals surface area contributed by atoms with E-state index in [2.05, 4.69) is 5.32 Å². The van der Waals surface area contributed by atoms with Crippen molar-refractivity contribution in [3.05, 3.63) is 95.9 Å². The summed E-state index contributed by atoms with van der Waals surface area (Å²) in [6, 6.07) is 19.6. The fourth-order valence-electron chi connectivity index (χ4n) is 5.56. The van der Waals surface area contributed by atoms with Gasteiger partial charge in [0.05, 0.1) is 38.0 Å². The van der Waals surface area contributed by atoms with Gasteiger partial charge in [0.2, 0.25) is 5.60 Å². The predicted molar refractivity (Wildman–Crippen MR) is 140 cm³/mol. The van der Waals surface area contributed by atoms with E-state index >= 15 is 0 Å². The van der Waals surface area contributed by atoms with Crippen LogP contribution in [0.25, 0.3) is 0 Å². The van der Waals surface area contributed by atoms with Gasteiger partial charge in [-0.2, -0.15) is 13.2 Å². The number of carboxylic acids is 1. The highest BCUT2D eigenvalue weighted by Gasteiger charge is 2.50. The van der Waals surface area contributed by atoms with Gasteiger partial charge in [-0.05, 0) is 17.2 Å². The number of aliphatic hydroxyl groups is 1. The molecule has 2 aromatic carbocycles. The monoisotopic (exact) mass is 588 g/mol. The third kappa shape index (κ3) is 7.00. The molecule has 2 bridgehead atoms. The van der Waals surface area contributed by atoms with Crippen LogP contribution in [0, 0.1) is 5.92 Å². The van der Waals surface area contributed by atoms with E-state index in [0.29, 0.717) is 29.8 Å². The van der Waals surface area contributed by atoms with Gasteiger partial charge in [-0.25, -0.2) is 4.79 Å². The van der Waals surface area contributed by atoms with Gasteiger partial charge in [-0.15, -0.1) is 0 Å². The number of carboxylic acid groups (broad SMARTS) is 1. The summed E-state index contributed by atoms with van der Waals surface area (Å²) in [4.78, 5) is 34.7. The molecule has 1 amide bonds. The molecule has 12 heteroatoms. The molecule has 9 nitrogen and oxygen atoms in total. The van der Waals surface area contributed by atoms with Crippen LogP contribution in [0.3, 0.4) is 0 Å². The molecule has 1 atom stereocenters. The van der Waals surface area contributed by atoms with Crippen LogP contribution >= 0.6 is 0 Å². The molecule has 4 heterocycles. The Hall–Kier alpha value is -4.16. The van der Waals surface area contributed by atoms with Gasteiger partial charge in [0.1, 0.15) is 18.8 Å². The molecule has 0 aliphatic carbocycles. The van der Waals surface area contributed by atoms with E-state index in [9.17, 15) is 27.9 Å². The smallest absolute Gasteiger partial charge is 0.430 e. The molecule has 3 aliphatic heterocycles. The molecule has 3 aromatic rings. The van der Waals surface area contributed by atoms with Crippen LogP contribution in [-0.4, -0.2) is 72.4 Å². The number of esters is 1. The van der Waals surface area contributed by atoms with Gasteiger partial charge in [0.25, 0.3) is 5.91 Å². The number of carbonyl (C=O) groups excluding carboxylic acids is 3. The molecule has 3 saturated heterocycles. The molecule has 0 unspecified atom stereocenters. The SMILES string of the molecule is O=C(NCC[N+]12CCC(CC1)[C@@H](OC(=O)C(O)(c1ccccc1)c1ccccc1)C2)c1ccoc1.O=C([O-])C(F)(F)F. The first-order valence-corrected chi connectivity index (χ1v) is 13.4. The number of hydrogen-bond donors (Lipinski definition) is 2. The van der Waals surface area contributed by atoms with Gasteiger partial charge in [0.15, 0.2) is 6.10 Å². The number of rotatable bonds is 8.